The van der Waals surface area contributed by atoms with Crippen molar-refractivity contribution in [3.8, 4) is 11.4 Å². The average Bonchev–Trinajstić information content (AvgIpc) is 3.29. The third kappa shape index (κ3) is 4.25. The zero-order valence-corrected chi connectivity index (χ0v) is 19.3. The predicted octanol–water partition coefficient (Wildman–Crippen LogP) is 4.06. The maximum Gasteiger partial charge on any atom is 0.431 e. The van der Waals surface area contributed by atoms with E-state index >= 15 is 0 Å². The van der Waals surface area contributed by atoms with Gasteiger partial charge in [-0.2, -0.15) is 13.2 Å². The van der Waals surface area contributed by atoms with Gasteiger partial charge in [-0.15, -0.1) is 0 Å². The van der Waals surface area contributed by atoms with E-state index in [1.165, 1.54) is 10.6 Å². The van der Waals surface area contributed by atoms with Crippen LogP contribution in [0.4, 0.5) is 19.0 Å². The molecule has 0 amide bonds. The van der Waals surface area contributed by atoms with Gasteiger partial charge in [0, 0.05) is 51.0 Å². The number of likely N-dealkylation sites (N-methyl/N-ethyl adjacent to an activating group) is 1. The first-order chi connectivity index (χ1) is 16.3. The molecule has 1 aromatic carbocycles. The van der Waals surface area contributed by atoms with Crippen LogP contribution in [0.1, 0.15) is 23.1 Å². The van der Waals surface area contributed by atoms with E-state index < -0.39 is 18.0 Å². The maximum atomic E-state index is 13.9. The van der Waals surface area contributed by atoms with Crippen LogP contribution in [0.5, 0.6) is 5.75 Å². The molecule has 0 bridgehead atoms. The molecule has 2 aliphatic rings. The van der Waals surface area contributed by atoms with Crippen molar-refractivity contribution in [2.45, 2.75) is 12.3 Å². The highest BCUT2D eigenvalue weighted by Crippen LogP contribution is 2.45. The number of halogens is 3. The number of fused-ring (bicyclic) bond motifs is 3. The van der Waals surface area contributed by atoms with Crippen LogP contribution in [0.15, 0.2) is 54.7 Å². The van der Waals surface area contributed by atoms with Gasteiger partial charge in [0.1, 0.15) is 17.3 Å². The lowest BCUT2D eigenvalue weighted by atomic mass is 10.0. The summed E-state index contributed by atoms with van der Waals surface area (Å²) < 4.78 is 49.2. The molecule has 0 aliphatic carbocycles. The molecule has 2 aliphatic heterocycles. The van der Waals surface area contributed by atoms with E-state index in [0.29, 0.717) is 17.1 Å². The number of anilines is 1. The standard InChI is InChI=1S/C25H28F3N5O/c1-30(2)12-13-31-14-16-32(17-15-31)24-18(6-5-11-29-24)23-20-9-10-22(25(26,27)28)33(20)19-7-3-4-8-21(19)34-23/h3-11,23H,12-17H2,1-2H3. The van der Waals surface area contributed by atoms with Gasteiger partial charge in [0.05, 0.1) is 11.4 Å². The number of para-hydroxylation sites is 2. The number of piperazine rings is 1. The average molecular weight is 472 g/mol. The largest absolute Gasteiger partial charge is 0.477 e. The van der Waals surface area contributed by atoms with E-state index in [9.17, 15) is 13.2 Å². The van der Waals surface area contributed by atoms with E-state index in [1.807, 2.05) is 12.1 Å². The second kappa shape index (κ2) is 8.96. The lowest BCUT2D eigenvalue weighted by Gasteiger charge is -2.38. The highest BCUT2D eigenvalue weighted by molar-refractivity contribution is 5.58. The summed E-state index contributed by atoms with van der Waals surface area (Å²) >= 11 is 0. The minimum absolute atomic E-state index is 0.394. The monoisotopic (exact) mass is 471 g/mol. The summed E-state index contributed by atoms with van der Waals surface area (Å²) in [5.41, 5.74) is 0.908. The molecular formula is C25H28F3N5O. The Morgan fingerprint density at radius 2 is 1.76 bits per heavy atom. The second-order valence-electron chi connectivity index (χ2n) is 8.99. The second-order valence-corrected chi connectivity index (χ2v) is 8.99. The van der Waals surface area contributed by atoms with E-state index in [0.717, 1.165) is 56.7 Å². The fraction of sp³-hybridized carbons (Fsp3) is 0.400. The first-order valence-electron chi connectivity index (χ1n) is 11.4. The minimum atomic E-state index is -4.48. The van der Waals surface area contributed by atoms with E-state index in [2.05, 4.69) is 33.8 Å². The zero-order valence-electron chi connectivity index (χ0n) is 19.3. The van der Waals surface area contributed by atoms with Gasteiger partial charge in [-0.3, -0.25) is 4.90 Å². The zero-order chi connectivity index (χ0) is 23.9. The van der Waals surface area contributed by atoms with E-state index in [4.69, 9.17) is 4.74 Å². The lowest BCUT2D eigenvalue weighted by molar-refractivity contribution is -0.142. The van der Waals surface area contributed by atoms with Crippen molar-refractivity contribution in [2.24, 2.45) is 0 Å². The van der Waals surface area contributed by atoms with Crippen molar-refractivity contribution in [3.05, 3.63) is 71.7 Å². The molecule has 1 unspecified atom stereocenters. The van der Waals surface area contributed by atoms with Gasteiger partial charge < -0.3 is 19.1 Å². The molecule has 0 spiro atoms. The topological polar surface area (TPSA) is 36.8 Å². The Morgan fingerprint density at radius 1 is 1.00 bits per heavy atom. The molecule has 0 N–H and O–H groups in total. The molecule has 180 valence electrons. The number of hydrogen-bond acceptors (Lipinski definition) is 5. The van der Waals surface area contributed by atoms with Crippen LogP contribution < -0.4 is 9.64 Å². The quantitative estimate of drug-likeness (QED) is 0.561. The van der Waals surface area contributed by atoms with Crippen LogP contribution in [0.2, 0.25) is 0 Å². The molecule has 6 nitrogen and oxygen atoms in total. The van der Waals surface area contributed by atoms with Crippen LogP contribution in [0.3, 0.4) is 0 Å². The Labute approximate surface area is 197 Å². The highest BCUT2D eigenvalue weighted by Gasteiger charge is 2.40. The van der Waals surface area contributed by atoms with Gasteiger partial charge >= 0.3 is 6.18 Å². The SMILES string of the molecule is CN(C)CCN1CCN(c2ncccc2C2Oc3ccccc3-n3c2ccc3C(F)(F)F)CC1. The molecule has 1 fully saturated rings. The van der Waals surface area contributed by atoms with Crippen molar-refractivity contribution in [1.82, 2.24) is 19.4 Å². The van der Waals surface area contributed by atoms with Crippen LogP contribution in [-0.2, 0) is 6.18 Å². The summed E-state index contributed by atoms with van der Waals surface area (Å²) in [4.78, 5) is 11.5. The Hall–Kier alpha value is -3.04. The fourth-order valence-electron chi connectivity index (χ4n) is 4.70. The van der Waals surface area contributed by atoms with Crippen molar-refractivity contribution in [1.29, 1.82) is 0 Å². The van der Waals surface area contributed by atoms with Gasteiger partial charge in [-0.25, -0.2) is 4.98 Å². The molecule has 0 radical (unpaired) electrons. The maximum absolute atomic E-state index is 13.9. The predicted molar refractivity (Wildman–Crippen MR) is 125 cm³/mol. The number of benzene rings is 1. The van der Waals surface area contributed by atoms with E-state index in [-0.39, 0.29) is 0 Å². The number of aromatic nitrogens is 2. The normalized spacial score (nSPS) is 18.5. The summed E-state index contributed by atoms with van der Waals surface area (Å²) in [6.45, 7) is 5.43. The minimum Gasteiger partial charge on any atom is -0.477 e. The highest BCUT2D eigenvalue weighted by atomic mass is 19.4. The summed E-state index contributed by atoms with van der Waals surface area (Å²) in [7, 11) is 4.14. The van der Waals surface area contributed by atoms with Crippen LogP contribution in [0, 0.1) is 0 Å². The molecule has 1 atom stereocenters. The first-order valence-corrected chi connectivity index (χ1v) is 11.4. The Balaban J connectivity index is 1.48. The molecule has 9 heteroatoms. The number of ether oxygens (including phenoxy) is 1. The molecule has 5 rings (SSSR count). The number of rotatable bonds is 5. The Morgan fingerprint density at radius 3 is 2.50 bits per heavy atom. The van der Waals surface area contributed by atoms with Crippen LogP contribution in [-0.4, -0.2) is 72.7 Å². The van der Waals surface area contributed by atoms with E-state index in [1.54, 1.807) is 30.5 Å². The fourth-order valence-corrected chi connectivity index (χ4v) is 4.70. The summed E-state index contributed by atoms with van der Waals surface area (Å²) in [5.74, 6) is 1.19. The summed E-state index contributed by atoms with van der Waals surface area (Å²) in [5, 5.41) is 0. The molecule has 34 heavy (non-hydrogen) atoms. The third-order valence-corrected chi connectivity index (χ3v) is 6.46. The van der Waals surface area contributed by atoms with Crippen molar-refractivity contribution in [3.63, 3.8) is 0 Å². The van der Waals surface area contributed by atoms with Crippen LogP contribution >= 0.6 is 0 Å². The molecule has 2 aromatic heterocycles. The molecule has 3 aromatic rings. The Bertz CT molecular complexity index is 1150. The van der Waals surface area contributed by atoms with Gasteiger partial charge in [0.15, 0.2) is 6.10 Å². The van der Waals surface area contributed by atoms with Crippen molar-refractivity contribution >= 4 is 5.82 Å². The van der Waals surface area contributed by atoms with Crippen molar-refractivity contribution in [2.75, 3.05) is 58.3 Å². The lowest BCUT2D eigenvalue weighted by Crippen LogP contribution is -2.48. The number of nitrogens with zero attached hydrogens (tertiary/aromatic N) is 5. The first kappa shape index (κ1) is 22.7. The smallest absolute Gasteiger partial charge is 0.431 e. The number of hydrogen-bond donors (Lipinski definition) is 0. The third-order valence-electron chi connectivity index (χ3n) is 6.46. The van der Waals surface area contributed by atoms with Crippen molar-refractivity contribution < 1.29 is 17.9 Å². The molecule has 1 saturated heterocycles. The number of pyridine rings is 1. The number of alkyl halides is 3. The van der Waals surface area contributed by atoms with Gasteiger partial charge in [-0.1, -0.05) is 12.1 Å². The Kier molecular flexibility index (Phi) is 5.99. The summed E-state index contributed by atoms with van der Waals surface area (Å²) in [6.07, 6.45) is -3.44. The van der Waals surface area contributed by atoms with Gasteiger partial charge in [0.25, 0.3) is 0 Å². The van der Waals surface area contributed by atoms with Gasteiger partial charge in [-0.05, 0) is 50.5 Å². The molecule has 4 heterocycles. The summed E-state index contributed by atoms with van der Waals surface area (Å²) in [6, 6.07) is 13.2. The van der Waals surface area contributed by atoms with Gasteiger partial charge in [0.2, 0.25) is 0 Å². The van der Waals surface area contributed by atoms with Crippen LogP contribution in [0.25, 0.3) is 5.69 Å². The molecular weight excluding hydrogens is 443 g/mol. The molecule has 0 saturated carbocycles.